The summed E-state index contributed by atoms with van der Waals surface area (Å²) >= 11 is 0. The second kappa shape index (κ2) is 5.40. The number of benzene rings is 1. The van der Waals surface area contributed by atoms with E-state index in [9.17, 15) is 4.79 Å². The Kier molecular flexibility index (Phi) is 3.43. The maximum Gasteiger partial charge on any atom is 0.305 e. The fourth-order valence-electron chi connectivity index (χ4n) is 2.37. The predicted molar refractivity (Wildman–Crippen MR) is 78.9 cm³/mol. The summed E-state index contributed by atoms with van der Waals surface area (Å²) in [5, 5.41) is 15.1. The van der Waals surface area contributed by atoms with Crippen LogP contribution in [0.25, 0.3) is 0 Å². The van der Waals surface area contributed by atoms with Crippen molar-refractivity contribution in [1.29, 1.82) is 0 Å². The molecule has 108 valence electrons. The maximum absolute atomic E-state index is 10.8. The van der Waals surface area contributed by atoms with Crippen LogP contribution in [0, 0.1) is 0 Å². The summed E-state index contributed by atoms with van der Waals surface area (Å²) in [6, 6.07) is 7.41. The van der Waals surface area contributed by atoms with Gasteiger partial charge in [0, 0.05) is 5.56 Å². The zero-order chi connectivity index (χ0) is 14.8. The van der Waals surface area contributed by atoms with Crippen molar-refractivity contribution in [2.75, 3.05) is 13.7 Å². The number of hydrazone groups is 1. The fraction of sp³-hybridized carbons (Fsp3) is 0.267. The molecule has 6 nitrogen and oxygen atoms in total. The fourth-order valence-corrected chi connectivity index (χ4v) is 2.37. The molecule has 0 spiro atoms. The molecule has 0 fully saturated rings. The zero-order valence-electron chi connectivity index (χ0n) is 11.6. The van der Waals surface area contributed by atoms with E-state index in [0.717, 1.165) is 17.0 Å². The minimum atomic E-state index is -0.842. The number of rotatable bonds is 4. The summed E-state index contributed by atoms with van der Waals surface area (Å²) in [5.74, 6) is 0.645. The van der Waals surface area contributed by atoms with Gasteiger partial charge in [-0.25, -0.2) is 5.01 Å². The Morgan fingerprint density at radius 3 is 3.10 bits per heavy atom. The molecular formula is C15H15N3O3. The summed E-state index contributed by atoms with van der Waals surface area (Å²) in [4.78, 5) is 15.1. The van der Waals surface area contributed by atoms with Crippen molar-refractivity contribution < 1.29 is 14.6 Å². The topological polar surface area (TPSA) is 74.5 Å². The number of amidine groups is 1. The van der Waals surface area contributed by atoms with E-state index in [4.69, 9.17) is 9.84 Å². The number of carboxylic acid groups (broad SMARTS) is 1. The zero-order valence-corrected chi connectivity index (χ0v) is 11.6. The Balaban J connectivity index is 1.81. The SMILES string of the molecule is COc1cccc(C2=NN3CC(CC(=O)O)N=C3C=C2)c1. The van der Waals surface area contributed by atoms with Gasteiger partial charge in [0.15, 0.2) is 0 Å². The van der Waals surface area contributed by atoms with Crippen LogP contribution >= 0.6 is 0 Å². The van der Waals surface area contributed by atoms with Crippen LogP contribution in [0.4, 0.5) is 0 Å². The van der Waals surface area contributed by atoms with E-state index >= 15 is 0 Å². The molecule has 2 aliphatic rings. The van der Waals surface area contributed by atoms with E-state index < -0.39 is 5.97 Å². The van der Waals surface area contributed by atoms with Gasteiger partial charge in [-0.3, -0.25) is 9.79 Å². The summed E-state index contributed by atoms with van der Waals surface area (Å²) in [6.07, 6.45) is 3.77. The average Bonchev–Trinajstić information content (AvgIpc) is 2.87. The Morgan fingerprint density at radius 1 is 1.48 bits per heavy atom. The van der Waals surface area contributed by atoms with Crippen molar-refractivity contribution >= 4 is 17.5 Å². The lowest BCUT2D eigenvalue weighted by molar-refractivity contribution is -0.137. The van der Waals surface area contributed by atoms with Crippen LogP contribution in [0.15, 0.2) is 46.5 Å². The molecule has 1 atom stereocenters. The lowest BCUT2D eigenvalue weighted by atomic mass is 10.1. The highest BCUT2D eigenvalue weighted by molar-refractivity contribution is 6.14. The Morgan fingerprint density at radius 2 is 2.33 bits per heavy atom. The Bertz CT molecular complexity index is 664. The van der Waals surface area contributed by atoms with Crippen molar-refractivity contribution in [3.63, 3.8) is 0 Å². The van der Waals surface area contributed by atoms with Gasteiger partial charge >= 0.3 is 5.97 Å². The summed E-state index contributed by atoms with van der Waals surface area (Å²) < 4.78 is 5.21. The number of carboxylic acids is 1. The van der Waals surface area contributed by atoms with Gasteiger partial charge in [0.1, 0.15) is 11.6 Å². The van der Waals surface area contributed by atoms with Crippen LogP contribution in [0.3, 0.4) is 0 Å². The number of carbonyl (C=O) groups is 1. The second-order valence-corrected chi connectivity index (χ2v) is 4.87. The van der Waals surface area contributed by atoms with Crippen LogP contribution in [-0.2, 0) is 4.79 Å². The predicted octanol–water partition coefficient (Wildman–Crippen LogP) is 1.53. The quantitative estimate of drug-likeness (QED) is 0.910. The molecule has 3 rings (SSSR count). The summed E-state index contributed by atoms with van der Waals surface area (Å²) in [5.41, 5.74) is 1.76. The first-order valence-corrected chi connectivity index (χ1v) is 6.64. The van der Waals surface area contributed by atoms with Gasteiger partial charge in [-0.15, -0.1) is 0 Å². The third-order valence-corrected chi connectivity index (χ3v) is 3.36. The molecule has 2 heterocycles. The van der Waals surface area contributed by atoms with Crippen LogP contribution in [0.2, 0.25) is 0 Å². The van der Waals surface area contributed by atoms with Gasteiger partial charge in [-0.05, 0) is 24.3 Å². The number of methoxy groups -OCH3 is 1. The van der Waals surface area contributed by atoms with Gasteiger partial charge in [0.25, 0.3) is 0 Å². The van der Waals surface area contributed by atoms with E-state index in [1.807, 2.05) is 36.4 Å². The largest absolute Gasteiger partial charge is 0.497 e. The average molecular weight is 285 g/mol. The molecule has 0 aromatic heterocycles. The minimum absolute atomic E-state index is 0.0256. The first kappa shape index (κ1) is 13.4. The second-order valence-electron chi connectivity index (χ2n) is 4.87. The highest BCUT2D eigenvalue weighted by Gasteiger charge is 2.27. The smallest absolute Gasteiger partial charge is 0.305 e. The lowest BCUT2D eigenvalue weighted by Gasteiger charge is -2.18. The molecule has 0 saturated carbocycles. The van der Waals surface area contributed by atoms with Crippen LogP contribution in [0.1, 0.15) is 12.0 Å². The van der Waals surface area contributed by atoms with Crippen molar-refractivity contribution in [2.24, 2.45) is 10.1 Å². The van der Waals surface area contributed by atoms with E-state index in [-0.39, 0.29) is 12.5 Å². The van der Waals surface area contributed by atoms with Crippen molar-refractivity contribution in [1.82, 2.24) is 5.01 Å². The van der Waals surface area contributed by atoms with Crippen molar-refractivity contribution in [3.8, 4) is 5.75 Å². The normalized spacial score (nSPS) is 19.9. The molecule has 1 aromatic carbocycles. The number of allylic oxidation sites excluding steroid dienone is 1. The summed E-state index contributed by atoms with van der Waals surface area (Å²) in [6.45, 7) is 0.499. The summed E-state index contributed by atoms with van der Waals surface area (Å²) in [7, 11) is 1.62. The van der Waals surface area contributed by atoms with Gasteiger partial charge in [0.2, 0.25) is 0 Å². The van der Waals surface area contributed by atoms with E-state index in [2.05, 4.69) is 10.1 Å². The monoisotopic (exact) mass is 285 g/mol. The number of hydrogen-bond acceptors (Lipinski definition) is 5. The number of fused-ring (bicyclic) bond motifs is 1. The molecule has 2 aliphatic heterocycles. The maximum atomic E-state index is 10.8. The first-order valence-electron chi connectivity index (χ1n) is 6.64. The molecule has 21 heavy (non-hydrogen) atoms. The number of nitrogens with zero attached hydrogens (tertiary/aromatic N) is 3. The van der Waals surface area contributed by atoms with Gasteiger partial charge in [-0.1, -0.05) is 12.1 Å². The Hall–Kier alpha value is -2.63. The molecule has 0 saturated heterocycles. The Labute approximate surface area is 122 Å². The number of ether oxygens (including phenoxy) is 1. The van der Waals surface area contributed by atoms with Crippen LogP contribution in [-0.4, -0.2) is 47.3 Å². The molecule has 1 unspecified atom stereocenters. The van der Waals surface area contributed by atoms with E-state index in [1.54, 1.807) is 12.1 Å². The molecule has 0 aliphatic carbocycles. The molecule has 1 aromatic rings. The highest BCUT2D eigenvalue weighted by atomic mass is 16.5. The number of aliphatic carboxylic acids is 1. The third kappa shape index (κ3) is 2.79. The van der Waals surface area contributed by atoms with Gasteiger partial charge in [-0.2, -0.15) is 5.10 Å². The number of aliphatic imine (C=N–C) groups is 1. The molecule has 0 radical (unpaired) electrons. The molecular weight excluding hydrogens is 270 g/mol. The van der Waals surface area contributed by atoms with Crippen LogP contribution < -0.4 is 4.74 Å². The highest BCUT2D eigenvalue weighted by Crippen LogP contribution is 2.20. The number of hydrogen-bond donors (Lipinski definition) is 1. The third-order valence-electron chi connectivity index (χ3n) is 3.36. The molecule has 0 amide bonds. The minimum Gasteiger partial charge on any atom is -0.497 e. The van der Waals surface area contributed by atoms with Gasteiger partial charge in [0.05, 0.1) is 31.8 Å². The van der Waals surface area contributed by atoms with Gasteiger partial charge < -0.3 is 9.84 Å². The first-order chi connectivity index (χ1) is 10.2. The standard InChI is InChI=1S/C15H15N3O3/c1-21-12-4-2-3-10(7-12)13-5-6-14-16-11(8-15(19)20)9-18(14)17-13/h2-7,11H,8-9H2,1H3,(H,19,20). The van der Waals surface area contributed by atoms with Crippen molar-refractivity contribution in [2.45, 2.75) is 12.5 Å². The lowest BCUT2D eigenvalue weighted by Crippen LogP contribution is -2.27. The molecule has 6 heteroatoms. The molecule has 0 bridgehead atoms. The van der Waals surface area contributed by atoms with Crippen molar-refractivity contribution in [3.05, 3.63) is 42.0 Å². The van der Waals surface area contributed by atoms with E-state index in [1.165, 1.54) is 0 Å². The molecule has 1 N–H and O–H groups in total. The van der Waals surface area contributed by atoms with E-state index in [0.29, 0.717) is 12.4 Å². The van der Waals surface area contributed by atoms with Crippen LogP contribution in [0.5, 0.6) is 5.75 Å².